The Morgan fingerprint density at radius 2 is 1.81 bits per heavy atom. The number of nitrogens with two attached hydrogens (primary N) is 1. The minimum absolute atomic E-state index is 0.0290. The molecule has 0 aromatic heterocycles. The van der Waals surface area contributed by atoms with E-state index in [-0.39, 0.29) is 17.9 Å². The van der Waals surface area contributed by atoms with Gasteiger partial charge in [0.1, 0.15) is 0 Å². The molecule has 1 atom stereocenters. The van der Waals surface area contributed by atoms with E-state index < -0.39 is 0 Å². The van der Waals surface area contributed by atoms with Gasteiger partial charge >= 0.3 is 0 Å². The van der Waals surface area contributed by atoms with E-state index >= 15 is 0 Å². The number of hydrogen-bond acceptors (Lipinski definition) is 2. The summed E-state index contributed by atoms with van der Waals surface area (Å²) in [7, 11) is 0. The minimum atomic E-state index is -0.0300. The molecule has 0 aliphatic heterocycles. The molecular formula is C18H20N2O. The van der Waals surface area contributed by atoms with E-state index in [2.05, 4.69) is 17.4 Å². The highest BCUT2D eigenvalue weighted by Crippen LogP contribution is 2.27. The number of fused-ring (bicyclic) bond motifs is 1. The first kappa shape index (κ1) is 13.8. The molecule has 0 radical (unpaired) electrons. The molecule has 3 N–H and O–H groups in total. The molecule has 1 aliphatic rings. The van der Waals surface area contributed by atoms with Crippen LogP contribution in [0.2, 0.25) is 0 Å². The van der Waals surface area contributed by atoms with Crippen LogP contribution in [0.5, 0.6) is 0 Å². The number of carbonyl (C=O) groups excluding carboxylic acids is 1. The fourth-order valence-electron chi connectivity index (χ4n) is 2.89. The zero-order valence-electron chi connectivity index (χ0n) is 12.2. The Morgan fingerprint density at radius 3 is 2.43 bits per heavy atom. The quantitative estimate of drug-likeness (QED) is 0.908. The van der Waals surface area contributed by atoms with Crippen molar-refractivity contribution in [3.05, 3.63) is 65.2 Å². The Labute approximate surface area is 125 Å². The molecule has 1 aliphatic carbocycles. The number of carbonyl (C=O) groups is 1. The van der Waals surface area contributed by atoms with Crippen LogP contribution in [0.3, 0.4) is 0 Å². The molecule has 1 unspecified atom stereocenters. The fraction of sp³-hybridized carbons (Fsp3) is 0.278. The van der Waals surface area contributed by atoms with Crippen LogP contribution in [-0.4, -0.2) is 5.91 Å². The number of hydrogen-bond donors (Lipinski definition) is 2. The van der Waals surface area contributed by atoms with Crippen molar-refractivity contribution in [1.29, 1.82) is 0 Å². The predicted octanol–water partition coefficient (Wildman–Crippen LogP) is 3.06. The molecule has 1 amide bonds. The van der Waals surface area contributed by atoms with Crippen molar-refractivity contribution in [3.63, 3.8) is 0 Å². The van der Waals surface area contributed by atoms with Gasteiger partial charge in [-0.25, -0.2) is 0 Å². The SMILES string of the molecule is CC(N)c1cccc(NC(=O)C2Cc3ccccc3C2)c1. The topological polar surface area (TPSA) is 55.1 Å². The molecule has 108 valence electrons. The van der Waals surface area contributed by atoms with E-state index in [1.54, 1.807) is 0 Å². The van der Waals surface area contributed by atoms with Crippen molar-refractivity contribution in [2.45, 2.75) is 25.8 Å². The first-order valence-corrected chi connectivity index (χ1v) is 7.36. The summed E-state index contributed by atoms with van der Waals surface area (Å²) in [4.78, 5) is 12.4. The van der Waals surface area contributed by atoms with Crippen LogP contribution in [-0.2, 0) is 17.6 Å². The molecule has 2 aromatic carbocycles. The predicted molar refractivity (Wildman–Crippen MR) is 85.0 cm³/mol. The Kier molecular flexibility index (Phi) is 3.76. The average Bonchev–Trinajstić information content (AvgIpc) is 2.91. The minimum Gasteiger partial charge on any atom is -0.326 e. The zero-order valence-corrected chi connectivity index (χ0v) is 12.2. The number of nitrogens with one attached hydrogen (secondary N) is 1. The molecule has 21 heavy (non-hydrogen) atoms. The third-order valence-electron chi connectivity index (χ3n) is 4.10. The molecule has 0 fully saturated rings. The monoisotopic (exact) mass is 280 g/mol. The van der Waals surface area contributed by atoms with Gasteiger partial charge in [-0.05, 0) is 48.6 Å². The molecule has 3 nitrogen and oxygen atoms in total. The Morgan fingerprint density at radius 1 is 1.14 bits per heavy atom. The van der Waals surface area contributed by atoms with Crippen LogP contribution >= 0.6 is 0 Å². The van der Waals surface area contributed by atoms with E-state index in [4.69, 9.17) is 5.73 Å². The van der Waals surface area contributed by atoms with Crippen molar-refractivity contribution in [3.8, 4) is 0 Å². The lowest BCUT2D eigenvalue weighted by molar-refractivity contribution is -0.119. The Bertz CT molecular complexity index is 639. The van der Waals surface area contributed by atoms with Gasteiger partial charge in [-0.3, -0.25) is 4.79 Å². The van der Waals surface area contributed by atoms with Crippen molar-refractivity contribution < 1.29 is 4.79 Å². The van der Waals surface area contributed by atoms with Crippen molar-refractivity contribution >= 4 is 11.6 Å². The highest BCUT2D eigenvalue weighted by Gasteiger charge is 2.27. The number of amides is 1. The molecule has 0 saturated carbocycles. The second-order valence-electron chi connectivity index (χ2n) is 5.78. The maximum Gasteiger partial charge on any atom is 0.228 e. The van der Waals surface area contributed by atoms with E-state index in [9.17, 15) is 4.79 Å². The van der Waals surface area contributed by atoms with E-state index in [0.717, 1.165) is 24.1 Å². The van der Waals surface area contributed by atoms with Crippen LogP contribution in [0, 0.1) is 5.92 Å². The normalized spacial score (nSPS) is 15.5. The van der Waals surface area contributed by atoms with Crippen LogP contribution in [0.1, 0.15) is 29.7 Å². The van der Waals surface area contributed by atoms with Crippen LogP contribution < -0.4 is 11.1 Å². The van der Waals surface area contributed by atoms with Gasteiger partial charge in [-0.15, -0.1) is 0 Å². The molecule has 0 heterocycles. The lowest BCUT2D eigenvalue weighted by Gasteiger charge is -2.12. The summed E-state index contributed by atoms with van der Waals surface area (Å²) in [6.07, 6.45) is 1.66. The zero-order chi connectivity index (χ0) is 14.8. The van der Waals surface area contributed by atoms with Crippen molar-refractivity contribution in [2.24, 2.45) is 11.7 Å². The van der Waals surface area contributed by atoms with Gasteiger partial charge < -0.3 is 11.1 Å². The second kappa shape index (κ2) is 5.70. The summed E-state index contributed by atoms with van der Waals surface area (Å²) in [5.41, 5.74) is 10.3. The van der Waals surface area contributed by atoms with Gasteiger partial charge in [0.05, 0.1) is 0 Å². The lowest BCUT2D eigenvalue weighted by atomic mass is 10.0. The van der Waals surface area contributed by atoms with Gasteiger partial charge in [0.15, 0.2) is 0 Å². The van der Waals surface area contributed by atoms with E-state index in [1.165, 1.54) is 11.1 Å². The van der Waals surface area contributed by atoms with E-state index in [0.29, 0.717) is 0 Å². The average molecular weight is 280 g/mol. The van der Waals surface area contributed by atoms with Gasteiger partial charge in [0.25, 0.3) is 0 Å². The van der Waals surface area contributed by atoms with Crippen LogP contribution in [0.25, 0.3) is 0 Å². The Hall–Kier alpha value is -2.13. The second-order valence-corrected chi connectivity index (χ2v) is 5.78. The van der Waals surface area contributed by atoms with Crippen molar-refractivity contribution in [2.75, 3.05) is 5.32 Å². The smallest absolute Gasteiger partial charge is 0.228 e. The number of benzene rings is 2. The summed E-state index contributed by atoms with van der Waals surface area (Å²) in [6, 6.07) is 16.0. The standard InChI is InChI=1S/C18H20N2O/c1-12(19)13-7-4-8-17(11-13)20-18(21)16-9-14-5-2-3-6-15(14)10-16/h2-8,11-12,16H,9-10,19H2,1H3,(H,20,21). The number of anilines is 1. The summed E-state index contributed by atoms with van der Waals surface area (Å²) in [5.74, 6) is 0.120. The maximum absolute atomic E-state index is 12.4. The molecule has 3 rings (SSSR count). The van der Waals surface area contributed by atoms with Gasteiger partial charge in [-0.2, -0.15) is 0 Å². The Balaban J connectivity index is 1.69. The largest absolute Gasteiger partial charge is 0.326 e. The molecule has 2 aromatic rings. The fourth-order valence-corrected chi connectivity index (χ4v) is 2.89. The third-order valence-corrected chi connectivity index (χ3v) is 4.10. The van der Waals surface area contributed by atoms with Crippen molar-refractivity contribution in [1.82, 2.24) is 0 Å². The summed E-state index contributed by atoms with van der Waals surface area (Å²) in [6.45, 7) is 1.94. The highest BCUT2D eigenvalue weighted by atomic mass is 16.1. The molecule has 3 heteroatoms. The van der Waals surface area contributed by atoms with Gasteiger partial charge in [-0.1, -0.05) is 36.4 Å². The molecule has 0 saturated heterocycles. The van der Waals surface area contributed by atoms with Gasteiger partial charge in [0, 0.05) is 17.6 Å². The third kappa shape index (κ3) is 2.98. The summed E-state index contributed by atoms with van der Waals surface area (Å²) < 4.78 is 0. The lowest BCUT2D eigenvalue weighted by Crippen LogP contribution is -2.23. The van der Waals surface area contributed by atoms with Crippen LogP contribution in [0.15, 0.2) is 48.5 Å². The summed E-state index contributed by atoms with van der Waals surface area (Å²) in [5, 5.41) is 3.02. The molecular weight excluding hydrogens is 260 g/mol. The number of rotatable bonds is 3. The molecule has 0 bridgehead atoms. The van der Waals surface area contributed by atoms with Crippen LogP contribution in [0.4, 0.5) is 5.69 Å². The first-order valence-electron chi connectivity index (χ1n) is 7.36. The highest BCUT2D eigenvalue weighted by molar-refractivity contribution is 5.93. The maximum atomic E-state index is 12.4. The van der Waals surface area contributed by atoms with Gasteiger partial charge in [0.2, 0.25) is 5.91 Å². The van der Waals surface area contributed by atoms with E-state index in [1.807, 2.05) is 43.3 Å². The first-order chi connectivity index (χ1) is 10.1. The molecule has 0 spiro atoms. The summed E-state index contributed by atoms with van der Waals surface area (Å²) >= 11 is 0.